The molecule has 1 saturated carbocycles. The number of nitrogens with one attached hydrogen (secondary N) is 2. The van der Waals surface area contributed by atoms with Crippen molar-refractivity contribution in [2.45, 2.75) is 49.7 Å². The van der Waals surface area contributed by atoms with Crippen molar-refractivity contribution in [1.29, 1.82) is 0 Å². The predicted molar refractivity (Wildman–Crippen MR) is 73.8 cm³/mol. The highest BCUT2D eigenvalue weighted by Crippen LogP contribution is 2.30. The van der Waals surface area contributed by atoms with Crippen molar-refractivity contribution >= 4 is 11.8 Å². The lowest BCUT2D eigenvalue weighted by Gasteiger charge is -2.16. The van der Waals surface area contributed by atoms with Gasteiger partial charge in [0.15, 0.2) is 0 Å². The van der Waals surface area contributed by atoms with Crippen LogP contribution in [-0.4, -0.2) is 21.8 Å². The van der Waals surface area contributed by atoms with Crippen molar-refractivity contribution in [2.24, 2.45) is 0 Å². The van der Waals surface area contributed by atoms with Gasteiger partial charge < -0.3 is 10.3 Å². The number of thioether (sulfide) groups is 1. The summed E-state index contributed by atoms with van der Waals surface area (Å²) in [6, 6.07) is 0. The first-order chi connectivity index (χ1) is 8.83. The minimum Gasteiger partial charge on any atom is -0.312 e. The Morgan fingerprint density at radius 3 is 3.00 bits per heavy atom. The highest BCUT2D eigenvalue weighted by molar-refractivity contribution is 7.99. The Labute approximate surface area is 111 Å². The molecule has 2 heterocycles. The van der Waals surface area contributed by atoms with Crippen LogP contribution in [0.1, 0.15) is 42.8 Å². The number of rotatable bonds is 3. The minimum absolute atomic E-state index is 0.0502. The van der Waals surface area contributed by atoms with E-state index in [9.17, 15) is 4.79 Å². The fourth-order valence-corrected chi connectivity index (χ4v) is 3.92. The predicted octanol–water partition coefficient (Wildman–Crippen LogP) is 1.59. The van der Waals surface area contributed by atoms with Crippen LogP contribution in [0.3, 0.4) is 0 Å². The van der Waals surface area contributed by atoms with E-state index >= 15 is 0 Å². The van der Waals surface area contributed by atoms with E-state index < -0.39 is 0 Å². The van der Waals surface area contributed by atoms with Gasteiger partial charge in [-0.05, 0) is 12.8 Å². The van der Waals surface area contributed by atoms with Gasteiger partial charge in [0.05, 0.1) is 17.0 Å². The van der Waals surface area contributed by atoms with Crippen molar-refractivity contribution in [3.63, 3.8) is 0 Å². The third kappa shape index (κ3) is 2.62. The zero-order chi connectivity index (χ0) is 12.4. The lowest BCUT2D eigenvalue weighted by molar-refractivity contribution is 0.616. The monoisotopic (exact) mass is 265 g/mol. The quantitative estimate of drug-likeness (QED) is 0.871. The van der Waals surface area contributed by atoms with Crippen LogP contribution in [0.15, 0.2) is 4.79 Å². The second-order valence-electron chi connectivity index (χ2n) is 5.08. The molecule has 3 rings (SSSR count). The van der Waals surface area contributed by atoms with Gasteiger partial charge in [0.25, 0.3) is 5.56 Å². The summed E-state index contributed by atoms with van der Waals surface area (Å²) in [7, 11) is 0. The molecular weight excluding hydrogens is 246 g/mol. The molecule has 4 nitrogen and oxygen atoms in total. The summed E-state index contributed by atoms with van der Waals surface area (Å²) >= 11 is 1.95. The van der Waals surface area contributed by atoms with Gasteiger partial charge in [0.2, 0.25) is 0 Å². The summed E-state index contributed by atoms with van der Waals surface area (Å²) in [6.07, 6.45) is 6.24. The number of aromatic nitrogens is 2. The number of hydrogen-bond donors (Lipinski definition) is 2. The minimum atomic E-state index is 0.0502. The highest BCUT2D eigenvalue weighted by Gasteiger charge is 2.18. The van der Waals surface area contributed by atoms with Gasteiger partial charge in [-0.1, -0.05) is 12.8 Å². The van der Waals surface area contributed by atoms with Crippen LogP contribution >= 0.6 is 11.8 Å². The molecule has 0 unspecified atom stereocenters. The standard InChI is InChI=1S/C13H19N3OS/c17-13-10-7-14-6-5-11(10)15-12(16-13)8-18-9-3-1-2-4-9/h9,14H,1-8H2,(H,15,16,17). The smallest absolute Gasteiger partial charge is 0.255 e. The third-order valence-corrected chi connectivity index (χ3v) is 5.13. The molecule has 98 valence electrons. The number of aromatic amines is 1. The second kappa shape index (κ2) is 5.45. The van der Waals surface area contributed by atoms with Crippen LogP contribution < -0.4 is 10.9 Å². The molecule has 0 bridgehead atoms. The lowest BCUT2D eigenvalue weighted by Crippen LogP contribution is -2.32. The number of hydrogen-bond acceptors (Lipinski definition) is 4. The molecule has 2 N–H and O–H groups in total. The van der Waals surface area contributed by atoms with Gasteiger partial charge >= 0.3 is 0 Å². The molecule has 0 aromatic carbocycles. The summed E-state index contributed by atoms with van der Waals surface area (Å²) < 4.78 is 0. The van der Waals surface area contributed by atoms with Gasteiger partial charge in [0.1, 0.15) is 5.82 Å². The van der Waals surface area contributed by atoms with Crippen molar-refractivity contribution in [3.8, 4) is 0 Å². The van der Waals surface area contributed by atoms with Crippen LogP contribution in [0.2, 0.25) is 0 Å². The maximum atomic E-state index is 11.9. The Hall–Kier alpha value is -0.810. The summed E-state index contributed by atoms with van der Waals surface area (Å²) in [5, 5.41) is 3.98. The van der Waals surface area contributed by atoms with Gasteiger partial charge in [-0.2, -0.15) is 11.8 Å². The van der Waals surface area contributed by atoms with E-state index in [-0.39, 0.29) is 5.56 Å². The van der Waals surface area contributed by atoms with Gasteiger partial charge in [0, 0.05) is 24.8 Å². The van der Waals surface area contributed by atoms with Gasteiger partial charge in [-0.3, -0.25) is 4.79 Å². The van der Waals surface area contributed by atoms with Crippen LogP contribution in [0, 0.1) is 0 Å². The third-order valence-electron chi connectivity index (χ3n) is 3.75. The molecule has 0 amide bonds. The fourth-order valence-electron chi connectivity index (χ4n) is 2.73. The summed E-state index contributed by atoms with van der Waals surface area (Å²) in [4.78, 5) is 19.5. The largest absolute Gasteiger partial charge is 0.312 e. The maximum absolute atomic E-state index is 11.9. The van der Waals surface area contributed by atoms with Crippen molar-refractivity contribution in [2.75, 3.05) is 6.54 Å². The topological polar surface area (TPSA) is 57.8 Å². The molecule has 5 heteroatoms. The zero-order valence-electron chi connectivity index (χ0n) is 10.5. The Kier molecular flexibility index (Phi) is 3.70. The first-order valence-electron chi connectivity index (χ1n) is 6.76. The number of H-pyrrole nitrogens is 1. The molecule has 0 saturated heterocycles. The molecule has 18 heavy (non-hydrogen) atoms. The van der Waals surface area contributed by atoms with E-state index in [1.807, 2.05) is 11.8 Å². The highest BCUT2D eigenvalue weighted by atomic mass is 32.2. The van der Waals surface area contributed by atoms with Crippen LogP contribution in [0.25, 0.3) is 0 Å². The SMILES string of the molecule is O=c1[nH]c(CSC2CCCC2)nc2c1CNCC2. The van der Waals surface area contributed by atoms with Crippen LogP contribution in [-0.2, 0) is 18.7 Å². The molecule has 1 aromatic rings. The summed E-state index contributed by atoms with van der Waals surface area (Å²) in [6.45, 7) is 1.59. The van der Waals surface area contributed by atoms with Crippen LogP contribution in [0.4, 0.5) is 0 Å². The average Bonchev–Trinajstić information content (AvgIpc) is 2.90. The molecule has 1 fully saturated rings. The van der Waals surface area contributed by atoms with E-state index in [0.29, 0.717) is 6.54 Å². The molecule has 0 spiro atoms. The van der Waals surface area contributed by atoms with E-state index in [2.05, 4.69) is 15.3 Å². The van der Waals surface area contributed by atoms with Crippen molar-refractivity contribution in [3.05, 3.63) is 27.4 Å². The Bertz CT molecular complexity index is 480. The lowest BCUT2D eigenvalue weighted by atomic mass is 10.1. The molecule has 1 aromatic heterocycles. The molecule has 0 radical (unpaired) electrons. The molecule has 0 atom stereocenters. The Morgan fingerprint density at radius 1 is 1.33 bits per heavy atom. The second-order valence-corrected chi connectivity index (χ2v) is 6.37. The van der Waals surface area contributed by atoms with Gasteiger partial charge in [-0.15, -0.1) is 0 Å². The molecule has 2 aliphatic rings. The molecule has 1 aliphatic heterocycles. The molecule has 1 aliphatic carbocycles. The van der Waals surface area contributed by atoms with E-state index in [4.69, 9.17) is 0 Å². The van der Waals surface area contributed by atoms with Gasteiger partial charge in [-0.25, -0.2) is 4.98 Å². The van der Waals surface area contributed by atoms with E-state index in [1.165, 1.54) is 25.7 Å². The average molecular weight is 265 g/mol. The van der Waals surface area contributed by atoms with E-state index in [0.717, 1.165) is 41.1 Å². The van der Waals surface area contributed by atoms with Crippen molar-refractivity contribution < 1.29 is 0 Å². The summed E-state index contributed by atoms with van der Waals surface area (Å²) in [5.74, 6) is 1.71. The number of fused-ring (bicyclic) bond motifs is 1. The maximum Gasteiger partial charge on any atom is 0.255 e. The first-order valence-corrected chi connectivity index (χ1v) is 7.81. The first kappa shape index (κ1) is 12.2. The zero-order valence-corrected chi connectivity index (χ0v) is 11.3. The number of nitrogens with zero attached hydrogens (tertiary/aromatic N) is 1. The fraction of sp³-hybridized carbons (Fsp3) is 0.692. The van der Waals surface area contributed by atoms with E-state index in [1.54, 1.807) is 0 Å². The normalized spacial score (nSPS) is 20.0. The van der Waals surface area contributed by atoms with Crippen LogP contribution in [0.5, 0.6) is 0 Å². The summed E-state index contributed by atoms with van der Waals surface area (Å²) in [5.41, 5.74) is 1.88. The molecular formula is C13H19N3OS. The Morgan fingerprint density at radius 2 is 2.17 bits per heavy atom. The van der Waals surface area contributed by atoms with Crippen molar-refractivity contribution in [1.82, 2.24) is 15.3 Å². The Balaban J connectivity index is 1.72.